The number of thioether (sulfide) groups is 1. The fourth-order valence-corrected chi connectivity index (χ4v) is 1.82. The first kappa shape index (κ1) is 13.3. The van der Waals surface area contributed by atoms with Gasteiger partial charge in [-0.3, -0.25) is 0 Å². The molecule has 0 unspecified atom stereocenters. The zero-order chi connectivity index (χ0) is 11.8. The van der Waals surface area contributed by atoms with Crippen LogP contribution in [0.4, 0.5) is 4.39 Å². The fraction of sp³-hybridized carbons (Fsp3) is 0.500. The Morgan fingerprint density at radius 2 is 2.25 bits per heavy atom. The Hall–Kier alpha value is -0.740. The Balaban J connectivity index is 2.47. The van der Waals surface area contributed by atoms with Crippen LogP contribution in [-0.4, -0.2) is 25.2 Å². The van der Waals surface area contributed by atoms with Gasteiger partial charge in [0.15, 0.2) is 11.6 Å². The molecule has 0 radical (unpaired) electrons. The van der Waals surface area contributed by atoms with Crippen molar-refractivity contribution >= 4 is 11.8 Å². The van der Waals surface area contributed by atoms with Crippen molar-refractivity contribution in [1.82, 2.24) is 5.32 Å². The standard InChI is InChI=1S/C12H18FNOS/c1-3-16-7-6-15-12-5-4-10(9-14-2)8-11(12)13/h4-5,8,14H,3,6-7,9H2,1-2H3. The zero-order valence-electron chi connectivity index (χ0n) is 9.75. The SMILES string of the molecule is CCSCCOc1ccc(CNC)cc1F. The van der Waals surface area contributed by atoms with Crippen LogP contribution in [-0.2, 0) is 6.54 Å². The van der Waals surface area contributed by atoms with Crippen molar-refractivity contribution in [2.24, 2.45) is 0 Å². The molecule has 90 valence electrons. The number of benzene rings is 1. The third-order valence-corrected chi connectivity index (χ3v) is 2.93. The van der Waals surface area contributed by atoms with Gasteiger partial charge in [0.1, 0.15) is 0 Å². The number of halogens is 1. The summed E-state index contributed by atoms with van der Waals surface area (Å²) in [5.74, 6) is 2.02. The minimum Gasteiger partial charge on any atom is -0.490 e. The van der Waals surface area contributed by atoms with Crippen LogP contribution in [0, 0.1) is 5.82 Å². The first-order chi connectivity index (χ1) is 7.77. The third-order valence-electron chi connectivity index (χ3n) is 2.07. The monoisotopic (exact) mass is 243 g/mol. The first-order valence-electron chi connectivity index (χ1n) is 5.41. The molecule has 1 N–H and O–H groups in total. The van der Waals surface area contributed by atoms with E-state index >= 15 is 0 Å². The first-order valence-corrected chi connectivity index (χ1v) is 6.57. The Kier molecular flexibility index (Phi) is 6.26. The second-order valence-corrected chi connectivity index (χ2v) is 4.73. The van der Waals surface area contributed by atoms with E-state index < -0.39 is 0 Å². The fourth-order valence-electron chi connectivity index (χ4n) is 1.33. The van der Waals surface area contributed by atoms with Gasteiger partial charge in [-0.25, -0.2) is 4.39 Å². The van der Waals surface area contributed by atoms with E-state index in [1.807, 2.05) is 13.1 Å². The van der Waals surface area contributed by atoms with Gasteiger partial charge in [-0.1, -0.05) is 13.0 Å². The van der Waals surface area contributed by atoms with Crippen LogP contribution in [0.15, 0.2) is 18.2 Å². The van der Waals surface area contributed by atoms with Crippen LogP contribution in [0.2, 0.25) is 0 Å². The van der Waals surface area contributed by atoms with E-state index in [0.717, 1.165) is 17.1 Å². The number of hydrogen-bond acceptors (Lipinski definition) is 3. The molecule has 1 aromatic carbocycles. The lowest BCUT2D eigenvalue weighted by molar-refractivity contribution is 0.324. The smallest absolute Gasteiger partial charge is 0.165 e. The summed E-state index contributed by atoms with van der Waals surface area (Å²) in [6, 6.07) is 5.08. The maximum absolute atomic E-state index is 13.5. The summed E-state index contributed by atoms with van der Waals surface area (Å²) in [5.41, 5.74) is 0.926. The minimum absolute atomic E-state index is 0.283. The van der Waals surface area contributed by atoms with Gasteiger partial charge in [0, 0.05) is 12.3 Å². The molecule has 0 heterocycles. The molecular formula is C12H18FNOS. The van der Waals surface area contributed by atoms with Crippen molar-refractivity contribution in [1.29, 1.82) is 0 Å². The highest BCUT2D eigenvalue weighted by atomic mass is 32.2. The Morgan fingerprint density at radius 3 is 2.88 bits per heavy atom. The van der Waals surface area contributed by atoms with E-state index in [0.29, 0.717) is 18.9 Å². The van der Waals surface area contributed by atoms with Crippen molar-refractivity contribution in [2.45, 2.75) is 13.5 Å². The van der Waals surface area contributed by atoms with Gasteiger partial charge in [0.05, 0.1) is 6.61 Å². The molecule has 0 saturated heterocycles. The van der Waals surface area contributed by atoms with Gasteiger partial charge >= 0.3 is 0 Å². The molecule has 0 fully saturated rings. The molecule has 0 bridgehead atoms. The quantitative estimate of drug-likeness (QED) is 0.744. The van der Waals surface area contributed by atoms with Crippen LogP contribution >= 0.6 is 11.8 Å². The summed E-state index contributed by atoms with van der Waals surface area (Å²) in [4.78, 5) is 0. The highest BCUT2D eigenvalue weighted by molar-refractivity contribution is 7.99. The maximum Gasteiger partial charge on any atom is 0.165 e. The molecule has 0 saturated carbocycles. The molecule has 0 aromatic heterocycles. The number of rotatable bonds is 7. The topological polar surface area (TPSA) is 21.3 Å². The molecule has 1 aromatic rings. The summed E-state index contributed by atoms with van der Waals surface area (Å²) >= 11 is 1.79. The normalized spacial score (nSPS) is 10.4. The number of nitrogens with one attached hydrogen (secondary N) is 1. The molecular weight excluding hydrogens is 225 g/mol. The predicted octanol–water partition coefficient (Wildman–Crippen LogP) is 2.68. The van der Waals surface area contributed by atoms with Gasteiger partial charge in [0.25, 0.3) is 0 Å². The largest absolute Gasteiger partial charge is 0.490 e. The minimum atomic E-state index is -0.283. The molecule has 1 rings (SSSR count). The number of ether oxygens (including phenoxy) is 1. The van der Waals surface area contributed by atoms with Crippen molar-refractivity contribution in [3.8, 4) is 5.75 Å². The Bertz CT molecular complexity index is 320. The molecule has 0 aliphatic rings. The van der Waals surface area contributed by atoms with E-state index in [1.165, 1.54) is 6.07 Å². The number of hydrogen-bond donors (Lipinski definition) is 1. The van der Waals surface area contributed by atoms with Gasteiger partial charge < -0.3 is 10.1 Å². The van der Waals surface area contributed by atoms with E-state index in [2.05, 4.69) is 12.2 Å². The van der Waals surface area contributed by atoms with Crippen LogP contribution in [0.3, 0.4) is 0 Å². The van der Waals surface area contributed by atoms with Crippen LogP contribution in [0.5, 0.6) is 5.75 Å². The van der Waals surface area contributed by atoms with Crippen LogP contribution < -0.4 is 10.1 Å². The molecule has 2 nitrogen and oxygen atoms in total. The predicted molar refractivity (Wildman–Crippen MR) is 67.7 cm³/mol. The average Bonchev–Trinajstić information content (AvgIpc) is 2.27. The van der Waals surface area contributed by atoms with Gasteiger partial charge in [0.2, 0.25) is 0 Å². The van der Waals surface area contributed by atoms with Crippen LogP contribution in [0.25, 0.3) is 0 Å². The van der Waals surface area contributed by atoms with Crippen molar-refractivity contribution in [3.05, 3.63) is 29.6 Å². The van der Waals surface area contributed by atoms with E-state index in [1.54, 1.807) is 17.8 Å². The summed E-state index contributed by atoms with van der Waals surface area (Å²) in [7, 11) is 1.84. The third kappa shape index (κ3) is 4.41. The molecule has 16 heavy (non-hydrogen) atoms. The summed E-state index contributed by atoms with van der Waals surface area (Å²) in [6.07, 6.45) is 0. The molecule has 0 spiro atoms. The Morgan fingerprint density at radius 1 is 1.44 bits per heavy atom. The van der Waals surface area contributed by atoms with Gasteiger partial charge in [-0.05, 0) is 30.5 Å². The van der Waals surface area contributed by atoms with E-state index in [4.69, 9.17) is 4.74 Å². The van der Waals surface area contributed by atoms with Crippen molar-refractivity contribution in [2.75, 3.05) is 25.2 Å². The highest BCUT2D eigenvalue weighted by Gasteiger charge is 2.04. The van der Waals surface area contributed by atoms with E-state index in [9.17, 15) is 4.39 Å². The maximum atomic E-state index is 13.5. The molecule has 0 aliphatic heterocycles. The highest BCUT2D eigenvalue weighted by Crippen LogP contribution is 2.18. The lowest BCUT2D eigenvalue weighted by Gasteiger charge is -2.08. The van der Waals surface area contributed by atoms with Gasteiger partial charge in [-0.15, -0.1) is 0 Å². The average molecular weight is 243 g/mol. The molecule has 0 atom stereocenters. The van der Waals surface area contributed by atoms with Gasteiger partial charge in [-0.2, -0.15) is 11.8 Å². The summed E-state index contributed by atoms with van der Waals surface area (Å²) in [6.45, 7) is 3.32. The Labute approximate surface area is 101 Å². The molecule has 4 heteroatoms. The molecule has 0 aliphatic carbocycles. The summed E-state index contributed by atoms with van der Waals surface area (Å²) in [5, 5.41) is 2.98. The van der Waals surface area contributed by atoms with Crippen LogP contribution in [0.1, 0.15) is 12.5 Å². The summed E-state index contributed by atoms with van der Waals surface area (Å²) < 4.78 is 18.9. The second kappa shape index (κ2) is 7.52. The second-order valence-electron chi connectivity index (χ2n) is 3.34. The van der Waals surface area contributed by atoms with Crippen molar-refractivity contribution < 1.29 is 9.13 Å². The molecule has 0 amide bonds. The van der Waals surface area contributed by atoms with E-state index in [-0.39, 0.29) is 5.82 Å². The lowest BCUT2D eigenvalue weighted by atomic mass is 10.2. The zero-order valence-corrected chi connectivity index (χ0v) is 10.6. The van der Waals surface area contributed by atoms with Crippen molar-refractivity contribution in [3.63, 3.8) is 0 Å². The lowest BCUT2D eigenvalue weighted by Crippen LogP contribution is -2.06.